The summed E-state index contributed by atoms with van der Waals surface area (Å²) in [5.74, 6) is 1.80. The van der Waals surface area contributed by atoms with E-state index < -0.39 is 0 Å². The highest BCUT2D eigenvalue weighted by molar-refractivity contribution is 5.85. The number of rotatable bonds is 5. The van der Waals surface area contributed by atoms with E-state index in [1.165, 1.54) is 17.5 Å². The summed E-state index contributed by atoms with van der Waals surface area (Å²) >= 11 is 0. The van der Waals surface area contributed by atoms with Crippen LogP contribution in [0.1, 0.15) is 30.0 Å². The van der Waals surface area contributed by atoms with E-state index in [1.807, 2.05) is 24.3 Å². The smallest absolute Gasteiger partial charge is 0.123 e. The van der Waals surface area contributed by atoms with Crippen LogP contribution in [-0.4, -0.2) is 25.7 Å². The summed E-state index contributed by atoms with van der Waals surface area (Å²) in [6.45, 7) is 1.98. The fourth-order valence-corrected chi connectivity index (χ4v) is 3.39. The number of nitrogens with zero attached hydrogens (tertiary/aromatic N) is 1. The maximum atomic E-state index is 5.91. The number of likely N-dealkylation sites (tertiary alicyclic amines) is 1. The Labute approximate surface area is 150 Å². The molecule has 1 unspecified atom stereocenters. The summed E-state index contributed by atoms with van der Waals surface area (Å²) in [4.78, 5) is 2.49. The monoisotopic (exact) mass is 348 g/mol. The zero-order chi connectivity index (χ0) is 16.2. The Hall–Kier alpha value is -1.91. The van der Waals surface area contributed by atoms with Gasteiger partial charge in [0.05, 0.1) is 14.2 Å². The third-order valence-electron chi connectivity index (χ3n) is 4.50. The van der Waals surface area contributed by atoms with Crippen molar-refractivity contribution in [2.75, 3.05) is 26.5 Å². The summed E-state index contributed by atoms with van der Waals surface area (Å²) in [5, 5.41) is 0. The average Bonchev–Trinajstić information content (AvgIpc) is 3.02. The van der Waals surface area contributed by atoms with Crippen molar-refractivity contribution in [2.45, 2.75) is 25.4 Å². The Balaban J connectivity index is 0.00000208. The fourth-order valence-electron chi connectivity index (χ4n) is 3.39. The second kappa shape index (κ2) is 8.27. The van der Waals surface area contributed by atoms with E-state index >= 15 is 0 Å². The van der Waals surface area contributed by atoms with Crippen molar-refractivity contribution in [1.82, 2.24) is 4.90 Å². The summed E-state index contributed by atoms with van der Waals surface area (Å²) < 4.78 is 11.0. The topological polar surface area (TPSA) is 47.7 Å². The molecule has 3 rings (SSSR count). The van der Waals surface area contributed by atoms with E-state index in [-0.39, 0.29) is 12.4 Å². The van der Waals surface area contributed by atoms with Crippen LogP contribution in [0.4, 0.5) is 5.69 Å². The van der Waals surface area contributed by atoms with Crippen LogP contribution in [0.15, 0.2) is 42.5 Å². The molecule has 2 aromatic carbocycles. The van der Waals surface area contributed by atoms with Crippen molar-refractivity contribution < 1.29 is 9.47 Å². The van der Waals surface area contributed by atoms with Gasteiger partial charge in [0.1, 0.15) is 11.5 Å². The lowest BCUT2D eigenvalue weighted by molar-refractivity contribution is 0.242. The van der Waals surface area contributed by atoms with Crippen LogP contribution in [0.25, 0.3) is 0 Å². The standard InChI is InChI=1S/C19H24N2O2.ClH/c1-22-16-8-9-19(23-2)17(12-16)18-7-4-10-21(18)13-14-5-3-6-15(20)11-14;/h3,5-6,8-9,11-12,18H,4,7,10,13,20H2,1-2H3;1H. The van der Waals surface area contributed by atoms with E-state index in [0.29, 0.717) is 6.04 Å². The lowest BCUT2D eigenvalue weighted by Gasteiger charge is -2.26. The van der Waals surface area contributed by atoms with E-state index in [2.05, 4.69) is 23.1 Å². The predicted molar refractivity (Wildman–Crippen MR) is 100 cm³/mol. The number of nitrogen functional groups attached to an aromatic ring is 1. The van der Waals surface area contributed by atoms with Gasteiger partial charge in [0, 0.05) is 23.8 Å². The number of benzene rings is 2. The molecule has 4 nitrogen and oxygen atoms in total. The molecule has 2 N–H and O–H groups in total. The normalized spacial score (nSPS) is 17.3. The van der Waals surface area contributed by atoms with Crippen molar-refractivity contribution in [3.05, 3.63) is 53.6 Å². The van der Waals surface area contributed by atoms with Crippen LogP contribution in [0.2, 0.25) is 0 Å². The minimum absolute atomic E-state index is 0. The van der Waals surface area contributed by atoms with Gasteiger partial charge in [-0.1, -0.05) is 12.1 Å². The van der Waals surface area contributed by atoms with E-state index in [9.17, 15) is 0 Å². The molecule has 0 bridgehead atoms. The zero-order valence-corrected chi connectivity index (χ0v) is 15.0. The Bertz CT molecular complexity index is 678. The van der Waals surface area contributed by atoms with Crippen molar-refractivity contribution in [2.24, 2.45) is 0 Å². The molecule has 24 heavy (non-hydrogen) atoms. The first-order valence-corrected chi connectivity index (χ1v) is 8.01. The number of methoxy groups -OCH3 is 2. The number of halogens is 1. The van der Waals surface area contributed by atoms with Crippen molar-refractivity contribution in [3.8, 4) is 11.5 Å². The molecule has 1 aliphatic rings. The molecular formula is C19H25ClN2O2. The fraction of sp³-hybridized carbons (Fsp3) is 0.368. The lowest BCUT2D eigenvalue weighted by Crippen LogP contribution is -2.23. The second-order valence-electron chi connectivity index (χ2n) is 5.98. The molecular weight excluding hydrogens is 324 g/mol. The highest BCUT2D eigenvalue weighted by atomic mass is 35.5. The van der Waals surface area contributed by atoms with Gasteiger partial charge < -0.3 is 15.2 Å². The molecule has 0 amide bonds. The Morgan fingerprint density at radius 3 is 2.67 bits per heavy atom. The number of nitrogens with two attached hydrogens (primary N) is 1. The third kappa shape index (κ3) is 3.94. The van der Waals surface area contributed by atoms with Crippen molar-refractivity contribution in [1.29, 1.82) is 0 Å². The van der Waals surface area contributed by atoms with Gasteiger partial charge in [0.2, 0.25) is 0 Å². The minimum Gasteiger partial charge on any atom is -0.497 e. The van der Waals surface area contributed by atoms with Crippen LogP contribution in [-0.2, 0) is 6.54 Å². The van der Waals surface area contributed by atoms with Gasteiger partial charge in [0.25, 0.3) is 0 Å². The molecule has 130 valence electrons. The summed E-state index contributed by atoms with van der Waals surface area (Å²) in [7, 11) is 3.42. The minimum atomic E-state index is 0. The molecule has 0 aromatic heterocycles. The first kappa shape index (κ1) is 18.4. The van der Waals surface area contributed by atoms with Gasteiger partial charge in [-0.3, -0.25) is 4.90 Å². The number of anilines is 1. The third-order valence-corrected chi connectivity index (χ3v) is 4.50. The summed E-state index contributed by atoms with van der Waals surface area (Å²) in [6.07, 6.45) is 2.32. The second-order valence-corrected chi connectivity index (χ2v) is 5.98. The maximum absolute atomic E-state index is 5.91. The SMILES string of the molecule is COc1ccc(OC)c(C2CCCN2Cc2cccc(N)c2)c1.Cl. The molecule has 0 aliphatic carbocycles. The number of ether oxygens (including phenoxy) is 2. The highest BCUT2D eigenvalue weighted by Gasteiger charge is 2.28. The molecule has 0 spiro atoms. The Morgan fingerprint density at radius 2 is 1.96 bits per heavy atom. The van der Waals surface area contributed by atoms with Gasteiger partial charge in [-0.25, -0.2) is 0 Å². The molecule has 1 fully saturated rings. The maximum Gasteiger partial charge on any atom is 0.123 e. The Kier molecular flexibility index (Phi) is 6.35. The van der Waals surface area contributed by atoms with Crippen LogP contribution < -0.4 is 15.2 Å². The average molecular weight is 349 g/mol. The quantitative estimate of drug-likeness (QED) is 0.828. The number of hydrogen-bond acceptors (Lipinski definition) is 4. The molecule has 1 atom stereocenters. The molecule has 1 aliphatic heterocycles. The lowest BCUT2D eigenvalue weighted by atomic mass is 10.0. The predicted octanol–water partition coefficient (Wildman–Crippen LogP) is 4.04. The Morgan fingerprint density at radius 1 is 1.12 bits per heavy atom. The largest absolute Gasteiger partial charge is 0.497 e. The van der Waals surface area contributed by atoms with Crippen LogP contribution >= 0.6 is 12.4 Å². The van der Waals surface area contributed by atoms with Gasteiger partial charge in [-0.2, -0.15) is 0 Å². The molecule has 5 heteroatoms. The zero-order valence-electron chi connectivity index (χ0n) is 14.2. The molecule has 2 aromatic rings. The van der Waals surface area contributed by atoms with Gasteiger partial charge in [0.15, 0.2) is 0 Å². The van der Waals surface area contributed by atoms with Gasteiger partial charge in [-0.15, -0.1) is 12.4 Å². The van der Waals surface area contributed by atoms with Gasteiger partial charge >= 0.3 is 0 Å². The molecule has 1 heterocycles. The van der Waals surface area contributed by atoms with Gasteiger partial charge in [-0.05, 0) is 55.3 Å². The van der Waals surface area contributed by atoms with Crippen LogP contribution in [0.5, 0.6) is 11.5 Å². The molecule has 0 saturated carbocycles. The molecule has 0 radical (unpaired) electrons. The highest BCUT2D eigenvalue weighted by Crippen LogP contribution is 2.39. The molecule has 1 saturated heterocycles. The van der Waals surface area contributed by atoms with Crippen LogP contribution in [0, 0.1) is 0 Å². The van der Waals surface area contributed by atoms with Crippen molar-refractivity contribution in [3.63, 3.8) is 0 Å². The van der Waals surface area contributed by atoms with E-state index in [4.69, 9.17) is 15.2 Å². The van der Waals surface area contributed by atoms with Crippen molar-refractivity contribution >= 4 is 18.1 Å². The van der Waals surface area contributed by atoms with Crippen LogP contribution in [0.3, 0.4) is 0 Å². The first-order chi connectivity index (χ1) is 11.2. The first-order valence-electron chi connectivity index (χ1n) is 8.01. The summed E-state index contributed by atoms with van der Waals surface area (Å²) in [6, 6.07) is 14.5. The van der Waals surface area contributed by atoms with E-state index in [1.54, 1.807) is 14.2 Å². The van der Waals surface area contributed by atoms with E-state index in [0.717, 1.165) is 36.7 Å². The summed E-state index contributed by atoms with van der Waals surface area (Å²) in [5.41, 5.74) is 9.17. The number of hydrogen-bond donors (Lipinski definition) is 1.